The average molecular weight is 807 g/mol. The molecular formula is C48H46F4N2O2Ti. The molecule has 0 aromatic heterocycles. The maximum absolute atomic E-state index is 14.1. The second-order valence-corrected chi connectivity index (χ2v) is 13.5. The number of hydrogen-bond donors (Lipinski definition) is 2. The number of halogens is 4. The van der Waals surface area contributed by atoms with Gasteiger partial charge in [0.05, 0.1) is 24.4 Å². The number of nitrogens with one attached hydrogen (secondary N) is 2. The maximum atomic E-state index is 14.1. The molecule has 4 aliphatic rings. The Hall–Kier alpha value is -5.05. The fourth-order valence-corrected chi connectivity index (χ4v) is 6.87. The van der Waals surface area contributed by atoms with Gasteiger partial charge in [0, 0.05) is 11.1 Å². The second-order valence-electron chi connectivity index (χ2n) is 13.5. The van der Waals surface area contributed by atoms with E-state index in [0.717, 1.165) is 49.7 Å². The third-order valence-electron chi connectivity index (χ3n) is 9.65. The summed E-state index contributed by atoms with van der Waals surface area (Å²) in [7, 11) is 0. The van der Waals surface area contributed by atoms with Crippen LogP contribution in [0, 0.1) is 12.2 Å². The molecule has 0 bridgehead atoms. The first kappa shape index (κ1) is 44.7. The van der Waals surface area contributed by atoms with E-state index in [4.69, 9.17) is 0 Å². The molecule has 4 aliphatic carbocycles. The first-order valence-electron chi connectivity index (χ1n) is 19.0. The monoisotopic (exact) mass is 806 g/mol. The van der Waals surface area contributed by atoms with Crippen molar-refractivity contribution in [3.05, 3.63) is 203 Å². The summed E-state index contributed by atoms with van der Waals surface area (Å²) in [5, 5.41) is 5.98. The topological polar surface area (TPSA) is 58.2 Å². The molecule has 0 aliphatic heterocycles. The summed E-state index contributed by atoms with van der Waals surface area (Å²) in [6.45, 7) is 0. The van der Waals surface area contributed by atoms with Crippen LogP contribution in [0.2, 0.25) is 0 Å². The summed E-state index contributed by atoms with van der Waals surface area (Å²) in [6.07, 6.45) is 13.4. The van der Waals surface area contributed by atoms with Crippen molar-refractivity contribution in [2.45, 2.75) is 75.8 Å². The van der Waals surface area contributed by atoms with Crippen LogP contribution in [0.4, 0.5) is 17.6 Å². The standard InChI is InChI=1S/2C19H18F2NO.2C5H5.Ti/c2*20-14-10-11-15(17(21)12-14)16-8-4-5-9-18(16)22-19(23)13-6-2-1-3-7-13;2*1-2-4-5-3-1;/h2*1-3,6-7,10-11,17-18H,4-5,8-9H2,(H,22,23);2*1-5H;/q4*-1;+4. The molecule has 292 valence electrons. The van der Waals surface area contributed by atoms with Crippen LogP contribution in [-0.4, -0.2) is 36.2 Å². The molecule has 0 spiro atoms. The fourth-order valence-electron chi connectivity index (χ4n) is 6.87. The van der Waals surface area contributed by atoms with Crippen LogP contribution in [0.1, 0.15) is 72.1 Å². The molecule has 0 saturated heterocycles. The first-order chi connectivity index (χ1) is 27.3. The third-order valence-corrected chi connectivity index (χ3v) is 9.65. The minimum atomic E-state index is -1.57. The maximum Gasteiger partial charge on any atom is 4.00 e. The SMILES string of the molecule is O=C(NC1CCCCC1=C1C=CC(F)=[C-]C1F)c1ccccc1.O=C(NC1CCCCC1=C1C=CC(F)=[C-]C1F)c1ccccc1.[Ti+4].c1cc[cH-]c1.c1cc[cH-]c1. The second kappa shape index (κ2) is 23.9. The Bertz CT molecular complexity index is 1820. The fraction of sp³-hybridized carbons (Fsp3) is 0.250. The smallest absolute Gasteiger partial charge is 0.346 e. The van der Waals surface area contributed by atoms with Gasteiger partial charge in [0.15, 0.2) is 0 Å². The summed E-state index contributed by atoms with van der Waals surface area (Å²) in [5.74, 6) is -1.70. The molecule has 2 saturated carbocycles. The van der Waals surface area contributed by atoms with Crippen LogP contribution in [0.5, 0.6) is 0 Å². The van der Waals surface area contributed by atoms with E-state index in [1.165, 1.54) is 24.3 Å². The van der Waals surface area contributed by atoms with Crippen molar-refractivity contribution in [3.8, 4) is 0 Å². The van der Waals surface area contributed by atoms with Crippen LogP contribution in [-0.2, 0) is 21.7 Å². The number of alkyl halides is 2. The average Bonchev–Trinajstić information content (AvgIpc) is 4.01. The van der Waals surface area contributed by atoms with Crippen LogP contribution >= 0.6 is 0 Å². The zero-order chi connectivity index (χ0) is 39.5. The molecule has 4 nitrogen and oxygen atoms in total. The Kier molecular flexibility index (Phi) is 18.7. The molecule has 4 aromatic rings. The van der Waals surface area contributed by atoms with Gasteiger partial charge in [-0.3, -0.25) is 18.4 Å². The quantitative estimate of drug-likeness (QED) is 0.123. The first-order valence-corrected chi connectivity index (χ1v) is 19.0. The molecule has 2 amide bonds. The van der Waals surface area contributed by atoms with Crippen LogP contribution in [0.3, 0.4) is 0 Å². The van der Waals surface area contributed by atoms with E-state index < -0.39 is 24.0 Å². The van der Waals surface area contributed by atoms with Gasteiger partial charge in [-0.25, -0.2) is 33.0 Å². The number of amides is 2. The van der Waals surface area contributed by atoms with E-state index in [-0.39, 0.29) is 45.6 Å². The summed E-state index contributed by atoms with van der Waals surface area (Å²) in [6, 6.07) is 37.5. The molecule has 8 rings (SSSR count). The Morgan fingerprint density at radius 2 is 0.912 bits per heavy atom. The molecule has 4 aromatic carbocycles. The van der Waals surface area contributed by atoms with Gasteiger partial charge in [-0.05, 0) is 96.7 Å². The summed E-state index contributed by atoms with van der Waals surface area (Å²) >= 11 is 0. The van der Waals surface area contributed by atoms with Gasteiger partial charge >= 0.3 is 21.7 Å². The van der Waals surface area contributed by atoms with Gasteiger partial charge in [-0.2, -0.15) is 60.7 Å². The van der Waals surface area contributed by atoms with E-state index >= 15 is 0 Å². The molecule has 9 heteroatoms. The third kappa shape index (κ3) is 14.1. The van der Waals surface area contributed by atoms with Crippen molar-refractivity contribution in [2.24, 2.45) is 0 Å². The van der Waals surface area contributed by atoms with Crippen molar-refractivity contribution in [2.75, 3.05) is 0 Å². The predicted octanol–water partition coefficient (Wildman–Crippen LogP) is 11.2. The van der Waals surface area contributed by atoms with Crippen LogP contribution < -0.4 is 10.6 Å². The van der Waals surface area contributed by atoms with Gasteiger partial charge in [-0.15, -0.1) is 12.2 Å². The molecule has 4 atom stereocenters. The van der Waals surface area contributed by atoms with Crippen molar-refractivity contribution in [1.82, 2.24) is 10.6 Å². The van der Waals surface area contributed by atoms with Crippen LogP contribution in [0.25, 0.3) is 0 Å². The van der Waals surface area contributed by atoms with Crippen molar-refractivity contribution in [1.29, 1.82) is 0 Å². The van der Waals surface area contributed by atoms with Crippen molar-refractivity contribution < 1.29 is 48.9 Å². The molecule has 4 unspecified atom stereocenters. The molecular weight excluding hydrogens is 760 g/mol. The minimum Gasteiger partial charge on any atom is -0.346 e. The van der Waals surface area contributed by atoms with Gasteiger partial charge in [0.1, 0.15) is 0 Å². The Morgan fingerprint density at radius 1 is 0.544 bits per heavy atom. The number of rotatable bonds is 4. The number of benzene rings is 2. The zero-order valence-corrected chi connectivity index (χ0v) is 33.2. The number of carbonyl (C=O) groups excluding carboxylic acids is 2. The van der Waals surface area contributed by atoms with Gasteiger partial charge in [0.25, 0.3) is 11.8 Å². The van der Waals surface area contributed by atoms with Gasteiger partial charge in [-0.1, -0.05) is 49.2 Å². The molecule has 0 heterocycles. The summed E-state index contributed by atoms with van der Waals surface area (Å²) in [4.78, 5) is 24.7. The van der Waals surface area contributed by atoms with E-state index in [0.29, 0.717) is 35.1 Å². The van der Waals surface area contributed by atoms with Crippen LogP contribution in [0.15, 0.2) is 180 Å². The van der Waals surface area contributed by atoms with Gasteiger partial charge < -0.3 is 10.6 Å². The van der Waals surface area contributed by atoms with E-state index in [1.54, 1.807) is 48.5 Å². The molecule has 57 heavy (non-hydrogen) atoms. The van der Waals surface area contributed by atoms with Gasteiger partial charge in [0.2, 0.25) is 0 Å². The van der Waals surface area contributed by atoms with E-state index in [1.807, 2.05) is 72.8 Å². The Balaban J connectivity index is 0.000000200. The van der Waals surface area contributed by atoms with E-state index in [9.17, 15) is 27.2 Å². The summed E-state index contributed by atoms with van der Waals surface area (Å²) < 4.78 is 54.4. The molecule has 2 N–H and O–H groups in total. The summed E-state index contributed by atoms with van der Waals surface area (Å²) in [5.41, 5.74) is 3.73. The minimum absolute atomic E-state index is 0. The number of hydrogen-bond acceptors (Lipinski definition) is 2. The zero-order valence-electron chi connectivity index (χ0n) is 31.7. The van der Waals surface area contributed by atoms with E-state index in [2.05, 4.69) is 22.8 Å². The van der Waals surface area contributed by atoms with Crippen molar-refractivity contribution >= 4 is 11.8 Å². The largest absolute Gasteiger partial charge is 4.00 e. The molecule has 0 radical (unpaired) electrons. The molecule has 2 fully saturated rings. The Morgan fingerprint density at radius 3 is 1.23 bits per heavy atom. The normalized spacial score (nSPS) is 23.6. The number of allylic oxidation sites excluding steroid dienone is 10. The number of carbonyl (C=O) groups is 2. The Labute approximate surface area is 348 Å². The predicted molar refractivity (Wildman–Crippen MR) is 214 cm³/mol. The van der Waals surface area contributed by atoms with Crippen molar-refractivity contribution in [3.63, 3.8) is 0 Å².